The van der Waals surface area contributed by atoms with E-state index in [0.29, 0.717) is 13.0 Å². The minimum atomic E-state index is -5.06. The van der Waals surface area contributed by atoms with Gasteiger partial charge in [-0.05, 0) is 44.9 Å². The zero-order chi connectivity index (χ0) is 39.7. The summed E-state index contributed by atoms with van der Waals surface area (Å²) in [5.74, 6) is -0.404. The summed E-state index contributed by atoms with van der Waals surface area (Å²) in [5.41, 5.74) is 0. The Bertz CT molecular complexity index is 1050. The maximum atomic E-state index is 12.8. The van der Waals surface area contributed by atoms with Gasteiger partial charge >= 0.3 is 16.4 Å². The van der Waals surface area contributed by atoms with Gasteiger partial charge in [-0.25, -0.2) is 4.18 Å². The van der Waals surface area contributed by atoms with Crippen molar-refractivity contribution in [3.63, 3.8) is 0 Å². The van der Waals surface area contributed by atoms with Crippen LogP contribution in [0.1, 0.15) is 168 Å². The number of esters is 1. The Morgan fingerprint density at radius 2 is 1.22 bits per heavy atom. The van der Waals surface area contributed by atoms with E-state index in [1.54, 1.807) is 0 Å². The maximum absolute atomic E-state index is 12.8. The molecule has 0 aliphatic carbocycles. The van der Waals surface area contributed by atoms with Gasteiger partial charge in [0.25, 0.3) is 0 Å². The Morgan fingerprint density at radius 1 is 0.704 bits per heavy atom. The number of ether oxygens (including phenoxy) is 4. The Hall–Kier alpha value is -1.42. The largest absolute Gasteiger partial charge is 0.457 e. The van der Waals surface area contributed by atoms with Crippen molar-refractivity contribution < 1.29 is 56.2 Å². The van der Waals surface area contributed by atoms with Crippen LogP contribution in [0.2, 0.25) is 0 Å². The van der Waals surface area contributed by atoms with Gasteiger partial charge in [-0.3, -0.25) is 9.35 Å². The lowest BCUT2D eigenvalue weighted by molar-refractivity contribution is -0.301. The summed E-state index contributed by atoms with van der Waals surface area (Å²) >= 11 is 0. The van der Waals surface area contributed by atoms with E-state index in [4.69, 9.17) is 23.5 Å². The van der Waals surface area contributed by atoms with Gasteiger partial charge in [0.15, 0.2) is 6.29 Å². The van der Waals surface area contributed by atoms with E-state index in [9.17, 15) is 28.5 Å². The minimum absolute atomic E-state index is 0.0318. The smallest absolute Gasteiger partial charge is 0.397 e. The zero-order valence-electron chi connectivity index (χ0n) is 33.5. The van der Waals surface area contributed by atoms with E-state index in [2.05, 4.69) is 42.3 Å². The van der Waals surface area contributed by atoms with E-state index < -0.39 is 59.8 Å². The maximum Gasteiger partial charge on any atom is 0.397 e. The van der Waals surface area contributed by atoms with Crippen molar-refractivity contribution in [2.24, 2.45) is 0 Å². The molecule has 0 bridgehead atoms. The predicted molar refractivity (Wildman–Crippen MR) is 211 cm³/mol. The molecule has 1 fully saturated rings. The number of carbonyl (C=O) groups is 1. The van der Waals surface area contributed by atoms with Crippen LogP contribution in [-0.2, 0) is 38.3 Å². The molecule has 4 N–H and O–H groups in total. The summed E-state index contributed by atoms with van der Waals surface area (Å²) < 4.78 is 58.9. The average Bonchev–Trinajstić information content (AvgIpc) is 3.14. The molecule has 0 aromatic carbocycles. The summed E-state index contributed by atoms with van der Waals surface area (Å²) in [5, 5.41) is 30.6. The number of carbonyl (C=O) groups excluding carboxylic acids is 1. The van der Waals surface area contributed by atoms with Crippen LogP contribution in [0, 0.1) is 0 Å². The van der Waals surface area contributed by atoms with Crippen LogP contribution in [0.15, 0.2) is 24.3 Å². The van der Waals surface area contributed by atoms with E-state index in [1.165, 1.54) is 83.5 Å². The first-order valence-electron chi connectivity index (χ1n) is 21.1. The van der Waals surface area contributed by atoms with E-state index in [0.717, 1.165) is 57.8 Å². The van der Waals surface area contributed by atoms with Crippen LogP contribution in [0.4, 0.5) is 0 Å². The highest BCUT2D eigenvalue weighted by Gasteiger charge is 2.48. The summed E-state index contributed by atoms with van der Waals surface area (Å²) in [6.07, 6.45) is 26.4. The Labute approximate surface area is 327 Å². The van der Waals surface area contributed by atoms with Crippen LogP contribution < -0.4 is 0 Å². The van der Waals surface area contributed by atoms with Gasteiger partial charge in [0.05, 0.1) is 19.8 Å². The molecule has 6 unspecified atom stereocenters. The van der Waals surface area contributed by atoms with Crippen LogP contribution in [-0.4, -0.2) is 97.5 Å². The fourth-order valence-electron chi connectivity index (χ4n) is 6.35. The first-order valence-corrected chi connectivity index (χ1v) is 22.5. The minimum Gasteiger partial charge on any atom is -0.457 e. The predicted octanol–water partition coefficient (Wildman–Crippen LogP) is 8.07. The summed E-state index contributed by atoms with van der Waals surface area (Å²) in [7, 11) is -5.06. The zero-order valence-corrected chi connectivity index (χ0v) is 34.4. The second kappa shape index (κ2) is 33.7. The molecule has 1 aliphatic rings. The Morgan fingerprint density at radius 3 is 1.80 bits per heavy atom. The number of hydrogen-bond donors (Lipinski definition) is 4. The molecule has 1 heterocycles. The van der Waals surface area contributed by atoms with Crippen LogP contribution in [0.25, 0.3) is 0 Å². The molecule has 0 saturated carbocycles. The fourth-order valence-corrected chi connectivity index (χ4v) is 6.86. The number of allylic oxidation sites excluding steroid dienone is 4. The third-order valence-corrected chi connectivity index (χ3v) is 10.0. The van der Waals surface area contributed by atoms with E-state index in [1.807, 2.05) is 0 Å². The summed E-state index contributed by atoms with van der Waals surface area (Å²) in [4.78, 5) is 12.8. The van der Waals surface area contributed by atoms with Gasteiger partial charge in [0.2, 0.25) is 0 Å². The molecule has 1 aliphatic heterocycles. The van der Waals surface area contributed by atoms with Crippen LogP contribution in [0.5, 0.6) is 0 Å². The van der Waals surface area contributed by atoms with Crippen LogP contribution >= 0.6 is 0 Å². The van der Waals surface area contributed by atoms with Crippen molar-refractivity contribution in [2.45, 2.75) is 205 Å². The molecule has 0 aromatic rings. The third kappa shape index (κ3) is 27.2. The highest BCUT2D eigenvalue weighted by atomic mass is 32.3. The molecule has 0 aromatic heterocycles. The van der Waals surface area contributed by atoms with Gasteiger partial charge in [0.1, 0.15) is 30.5 Å². The van der Waals surface area contributed by atoms with E-state index in [-0.39, 0.29) is 19.6 Å². The lowest BCUT2D eigenvalue weighted by Gasteiger charge is -2.41. The van der Waals surface area contributed by atoms with Gasteiger partial charge in [-0.2, -0.15) is 8.42 Å². The number of hydrogen-bond acceptors (Lipinski definition) is 11. The van der Waals surface area contributed by atoms with Crippen molar-refractivity contribution in [2.75, 3.05) is 26.4 Å². The number of rotatable bonds is 36. The lowest BCUT2D eigenvalue weighted by atomic mass is 9.99. The van der Waals surface area contributed by atoms with Crippen LogP contribution in [0.3, 0.4) is 0 Å². The molecule has 1 rings (SSSR count). The molecule has 0 amide bonds. The highest BCUT2D eigenvalue weighted by Crippen LogP contribution is 2.26. The topological polar surface area (TPSA) is 178 Å². The Balaban J connectivity index is 2.46. The molecule has 318 valence electrons. The molecular weight excluding hydrogens is 717 g/mol. The van der Waals surface area contributed by atoms with Crippen molar-refractivity contribution in [3.8, 4) is 0 Å². The molecule has 13 heteroatoms. The first kappa shape index (κ1) is 50.6. The number of aliphatic hydroxyl groups excluding tert-OH is 3. The van der Waals surface area contributed by atoms with Crippen molar-refractivity contribution in [1.82, 2.24) is 0 Å². The van der Waals surface area contributed by atoms with Crippen molar-refractivity contribution in [1.29, 1.82) is 0 Å². The average molecular weight is 793 g/mol. The normalized spacial score (nSPS) is 21.3. The molecule has 1 saturated heterocycles. The molecule has 12 nitrogen and oxygen atoms in total. The van der Waals surface area contributed by atoms with Crippen molar-refractivity contribution in [3.05, 3.63) is 24.3 Å². The van der Waals surface area contributed by atoms with Gasteiger partial charge in [-0.15, -0.1) is 0 Å². The van der Waals surface area contributed by atoms with Gasteiger partial charge in [-0.1, -0.05) is 141 Å². The van der Waals surface area contributed by atoms with Gasteiger partial charge in [0, 0.05) is 13.0 Å². The second-order valence-corrected chi connectivity index (χ2v) is 15.6. The number of unbranched alkanes of at least 4 members (excludes halogenated alkanes) is 19. The second-order valence-electron chi connectivity index (χ2n) is 14.6. The monoisotopic (exact) mass is 793 g/mol. The standard InChI is InChI=1S/C41H76O12S/c1-3-5-7-9-11-13-15-16-17-18-19-21-23-25-27-29-31-49-33-35(51-37(43)30-28-26-24-22-20-14-12-10-8-6-4-2)34-50-41-39(45)40(53-54(46,47)48)38(44)36(32-42)52-41/h11,13,16-17,35-36,38-42,44-45H,3-10,12,14-15,18-34H2,1-2H3,(H,46,47,48)/b13-11-,17-16-. The summed E-state index contributed by atoms with van der Waals surface area (Å²) in [6.45, 7) is 3.92. The quantitative estimate of drug-likeness (QED) is 0.0208. The van der Waals surface area contributed by atoms with Crippen molar-refractivity contribution >= 4 is 16.4 Å². The fraction of sp³-hybridized carbons (Fsp3) is 0.878. The molecule has 54 heavy (non-hydrogen) atoms. The summed E-state index contributed by atoms with van der Waals surface area (Å²) in [6, 6.07) is 0. The SMILES string of the molecule is CCCCC/C=C\C/C=C\CCCCCCCCOCC(COC1OC(CO)C(O)C(OS(=O)(=O)O)C1O)OC(=O)CCCCCCCCCCCCC. The number of aliphatic hydroxyl groups is 3. The van der Waals surface area contributed by atoms with Gasteiger partial charge < -0.3 is 34.3 Å². The molecule has 0 radical (unpaired) electrons. The first-order chi connectivity index (χ1) is 26.1. The van der Waals surface area contributed by atoms with E-state index >= 15 is 0 Å². The molecular formula is C41H76O12S. The highest BCUT2D eigenvalue weighted by molar-refractivity contribution is 7.80. The lowest BCUT2D eigenvalue weighted by Crippen LogP contribution is -2.60. The molecule has 0 spiro atoms. The third-order valence-electron chi connectivity index (χ3n) is 9.58. The molecule has 6 atom stereocenters. The Kier molecular flexibility index (Phi) is 31.6.